The summed E-state index contributed by atoms with van der Waals surface area (Å²) in [4.78, 5) is 18.7. The van der Waals surface area contributed by atoms with Gasteiger partial charge in [-0.1, -0.05) is 47.1 Å². The van der Waals surface area contributed by atoms with Gasteiger partial charge in [0.25, 0.3) is 0 Å². The van der Waals surface area contributed by atoms with E-state index >= 15 is 0 Å². The van der Waals surface area contributed by atoms with Gasteiger partial charge in [0.15, 0.2) is 5.69 Å². The number of hydrogen-bond donors (Lipinski definition) is 0. The lowest BCUT2D eigenvalue weighted by molar-refractivity contribution is -0.118. The van der Waals surface area contributed by atoms with Gasteiger partial charge in [0.2, 0.25) is 23.2 Å². The molecule has 4 rings (SSSR count). The molecule has 142 valence electrons. The van der Waals surface area contributed by atoms with Crippen LogP contribution in [0.5, 0.6) is 5.88 Å². The maximum Gasteiger partial charge on any atom is 0.247 e. The predicted octanol–water partition coefficient (Wildman–Crippen LogP) is 5.01. The second kappa shape index (κ2) is 7.58. The molecule has 0 spiro atoms. The van der Waals surface area contributed by atoms with Gasteiger partial charge in [0.1, 0.15) is 0 Å². The molecular weight excluding hydrogens is 419 g/mol. The Morgan fingerprint density at radius 3 is 2.50 bits per heavy atom. The minimum absolute atomic E-state index is 0.200. The Kier molecular flexibility index (Phi) is 5.14. The van der Waals surface area contributed by atoms with E-state index in [4.69, 9.17) is 27.9 Å². The molecule has 0 unspecified atom stereocenters. The summed E-state index contributed by atoms with van der Waals surface area (Å²) in [5.74, 6) is 0.0842. The molecule has 0 radical (unpaired) electrons. The van der Waals surface area contributed by atoms with Crippen LogP contribution in [0.2, 0.25) is 10.0 Å². The molecule has 0 saturated carbocycles. The van der Waals surface area contributed by atoms with Gasteiger partial charge in [-0.25, -0.2) is 0 Å². The van der Waals surface area contributed by atoms with E-state index in [9.17, 15) is 4.79 Å². The first-order valence-corrected chi connectivity index (χ1v) is 10.3. The van der Waals surface area contributed by atoms with Crippen molar-refractivity contribution in [2.24, 2.45) is 0 Å². The quantitative estimate of drug-likeness (QED) is 0.530. The highest BCUT2D eigenvalue weighted by molar-refractivity contribution is 7.98. The van der Waals surface area contributed by atoms with Crippen LogP contribution in [0.4, 0.5) is 5.69 Å². The fourth-order valence-corrected chi connectivity index (χ4v) is 3.60. The molecule has 9 heteroatoms. The summed E-state index contributed by atoms with van der Waals surface area (Å²) in [6, 6.07) is 12.3. The van der Waals surface area contributed by atoms with Crippen LogP contribution in [0.25, 0.3) is 11.3 Å². The summed E-state index contributed by atoms with van der Waals surface area (Å²) in [6.45, 7) is 1.48. The van der Waals surface area contributed by atoms with Crippen LogP contribution in [0.3, 0.4) is 0 Å². The third-order valence-electron chi connectivity index (χ3n) is 4.24. The van der Waals surface area contributed by atoms with Crippen LogP contribution in [0.1, 0.15) is 18.7 Å². The topological polar surface area (TPSA) is 68.2 Å². The lowest BCUT2D eigenvalue weighted by Crippen LogP contribution is -2.36. The number of rotatable bonds is 2. The molecule has 0 saturated heterocycles. The SMILES string of the molecule is CSc1nnc2c(n1)O[C@H](c1ccc(Cl)cc1)N(C(C)=O)c1ccc(Cl)cc1-2. The van der Waals surface area contributed by atoms with Crippen molar-refractivity contribution in [3.63, 3.8) is 0 Å². The fourth-order valence-electron chi connectivity index (χ4n) is 3.01. The van der Waals surface area contributed by atoms with Crippen molar-refractivity contribution in [3.05, 3.63) is 58.1 Å². The molecule has 2 aromatic carbocycles. The number of amides is 1. The van der Waals surface area contributed by atoms with Crippen molar-refractivity contribution in [3.8, 4) is 17.1 Å². The number of benzene rings is 2. The monoisotopic (exact) mass is 432 g/mol. The van der Waals surface area contributed by atoms with Gasteiger partial charge in [-0.15, -0.1) is 10.2 Å². The average molecular weight is 433 g/mol. The number of anilines is 1. The highest BCUT2D eigenvalue weighted by atomic mass is 35.5. The number of thioether (sulfide) groups is 1. The summed E-state index contributed by atoms with van der Waals surface area (Å²) in [6.07, 6.45) is 1.10. The maximum absolute atomic E-state index is 12.7. The number of carbonyl (C=O) groups is 1. The lowest BCUT2D eigenvalue weighted by atomic mass is 10.1. The summed E-state index contributed by atoms with van der Waals surface area (Å²) < 4.78 is 6.21. The molecule has 2 heterocycles. The summed E-state index contributed by atoms with van der Waals surface area (Å²) in [5.41, 5.74) is 2.42. The Labute approximate surface area is 175 Å². The van der Waals surface area contributed by atoms with Crippen LogP contribution in [0, 0.1) is 0 Å². The van der Waals surface area contributed by atoms with Crippen LogP contribution in [-0.4, -0.2) is 27.3 Å². The maximum atomic E-state index is 12.7. The minimum atomic E-state index is -0.748. The molecule has 0 aliphatic carbocycles. The van der Waals surface area contributed by atoms with E-state index in [2.05, 4.69) is 15.2 Å². The van der Waals surface area contributed by atoms with Gasteiger partial charge in [0.05, 0.1) is 5.69 Å². The number of ether oxygens (including phenoxy) is 1. The summed E-state index contributed by atoms with van der Waals surface area (Å²) in [5, 5.41) is 9.98. The average Bonchev–Trinajstić information content (AvgIpc) is 2.82. The van der Waals surface area contributed by atoms with Crippen molar-refractivity contribution in [2.45, 2.75) is 18.3 Å². The molecule has 1 aliphatic rings. The van der Waals surface area contributed by atoms with E-state index < -0.39 is 6.23 Å². The highest BCUT2D eigenvalue weighted by Crippen LogP contribution is 2.44. The standard InChI is InChI=1S/C19H14Cl2N4O2S/c1-10(26)25-15-8-7-13(21)9-14(15)16-17(22-19(28-2)24-23-16)27-18(25)11-3-5-12(20)6-4-11/h3-9,18H,1-2H3/t18-/m1/s1. The number of hydrogen-bond acceptors (Lipinski definition) is 6. The second-order valence-electron chi connectivity index (χ2n) is 6.02. The van der Waals surface area contributed by atoms with Gasteiger partial charge in [0, 0.05) is 28.1 Å². The zero-order valence-electron chi connectivity index (χ0n) is 14.9. The Bertz CT molecular complexity index is 1060. The van der Waals surface area contributed by atoms with Gasteiger partial charge in [-0.3, -0.25) is 9.69 Å². The van der Waals surface area contributed by atoms with Crippen molar-refractivity contribution < 1.29 is 9.53 Å². The van der Waals surface area contributed by atoms with E-state index in [-0.39, 0.29) is 11.8 Å². The number of halogens is 2. The number of aromatic nitrogens is 3. The predicted molar refractivity (Wildman–Crippen MR) is 110 cm³/mol. The molecule has 1 aromatic heterocycles. The van der Waals surface area contributed by atoms with Gasteiger partial charge >= 0.3 is 0 Å². The second-order valence-corrected chi connectivity index (χ2v) is 7.67. The van der Waals surface area contributed by atoms with Crippen LogP contribution < -0.4 is 9.64 Å². The Hall–Kier alpha value is -2.35. The number of carbonyl (C=O) groups excluding carboxylic acids is 1. The van der Waals surface area contributed by atoms with Crippen LogP contribution >= 0.6 is 35.0 Å². The minimum Gasteiger partial charge on any atom is -0.447 e. The third-order valence-corrected chi connectivity index (χ3v) is 5.27. The molecule has 1 atom stereocenters. The largest absolute Gasteiger partial charge is 0.447 e. The molecule has 28 heavy (non-hydrogen) atoms. The van der Waals surface area contributed by atoms with Gasteiger partial charge in [-0.05, 0) is 36.6 Å². The molecule has 1 aliphatic heterocycles. The first-order valence-electron chi connectivity index (χ1n) is 8.28. The highest BCUT2D eigenvalue weighted by Gasteiger charge is 2.34. The Balaban J connectivity index is 1.98. The molecule has 0 N–H and O–H groups in total. The Morgan fingerprint density at radius 2 is 1.82 bits per heavy atom. The van der Waals surface area contributed by atoms with Crippen molar-refractivity contribution >= 4 is 46.6 Å². The van der Waals surface area contributed by atoms with E-state index in [0.717, 1.165) is 5.56 Å². The van der Waals surface area contributed by atoms with E-state index in [1.807, 2.05) is 18.4 Å². The third kappa shape index (κ3) is 3.41. The molecule has 6 nitrogen and oxygen atoms in total. The Morgan fingerprint density at radius 1 is 1.11 bits per heavy atom. The van der Waals surface area contributed by atoms with Crippen molar-refractivity contribution in [2.75, 3.05) is 11.2 Å². The van der Waals surface area contributed by atoms with Gasteiger partial charge < -0.3 is 4.74 Å². The number of nitrogens with zero attached hydrogens (tertiary/aromatic N) is 4. The number of fused-ring (bicyclic) bond motifs is 3. The molecule has 0 bridgehead atoms. The fraction of sp³-hybridized carbons (Fsp3) is 0.158. The van der Waals surface area contributed by atoms with Gasteiger partial charge in [-0.2, -0.15) is 4.98 Å². The zero-order chi connectivity index (χ0) is 19.8. The van der Waals surface area contributed by atoms with Crippen molar-refractivity contribution in [1.29, 1.82) is 0 Å². The van der Waals surface area contributed by atoms with E-state index in [1.165, 1.54) is 18.7 Å². The normalized spacial score (nSPS) is 15.3. The summed E-state index contributed by atoms with van der Waals surface area (Å²) >= 11 is 13.6. The molecule has 0 fully saturated rings. The molecule has 1 amide bonds. The van der Waals surface area contributed by atoms with Crippen LogP contribution in [-0.2, 0) is 4.79 Å². The smallest absolute Gasteiger partial charge is 0.247 e. The first kappa shape index (κ1) is 19.0. The summed E-state index contributed by atoms with van der Waals surface area (Å²) in [7, 11) is 0. The van der Waals surface area contributed by atoms with Crippen molar-refractivity contribution in [1.82, 2.24) is 15.2 Å². The molecular formula is C19H14Cl2N4O2S. The first-order chi connectivity index (χ1) is 13.5. The molecule has 3 aromatic rings. The van der Waals surface area contributed by atoms with Crippen LogP contribution in [0.15, 0.2) is 47.6 Å². The van der Waals surface area contributed by atoms with E-state index in [1.54, 1.807) is 35.2 Å². The zero-order valence-corrected chi connectivity index (χ0v) is 17.2. The van der Waals surface area contributed by atoms with E-state index in [0.29, 0.717) is 32.1 Å². The lowest BCUT2D eigenvalue weighted by Gasteiger charge is -2.30.